The molecule has 0 fully saturated rings. The highest BCUT2D eigenvalue weighted by Gasteiger charge is 2.31. The zero-order valence-electron chi connectivity index (χ0n) is 15.4. The number of nitrogens with zero attached hydrogens (tertiary/aromatic N) is 5. The first kappa shape index (κ1) is 19.9. The molecule has 0 radical (unpaired) electrons. The molecule has 0 aliphatic heterocycles. The first-order valence-corrected chi connectivity index (χ1v) is 8.97. The van der Waals surface area contributed by atoms with Crippen molar-refractivity contribution in [3.05, 3.63) is 65.3 Å². The Labute approximate surface area is 173 Å². The van der Waals surface area contributed by atoms with Crippen molar-refractivity contribution in [2.75, 3.05) is 0 Å². The second kappa shape index (κ2) is 7.79. The average Bonchev–Trinajstić information content (AvgIpc) is 3.29. The van der Waals surface area contributed by atoms with Crippen molar-refractivity contribution < 1.29 is 22.4 Å². The van der Waals surface area contributed by atoms with Crippen LogP contribution >= 0.6 is 11.6 Å². The van der Waals surface area contributed by atoms with Gasteiger partial charge in [0.15, 0.2) is 0 Å². The van der Waals surface area contributed by atoms with E-state index in [0.29, 0.717) is 22.8 Å². The smallest absolute Gasteiger partial charge is 0.406 e. The van der Waals surface area contributed by atoms with Crippen LogP contribution in [0.1, 0.15) is 11.4 Å². The van der Waals surface area contributed by atoms with E-state index in [4.69, 9.17) is 16.1 Å². The van der Waals surface area contributed by atoms with E-state index < -0.39 is 6.36 Å². The predicted molar refractivity (Wildman–Crippen MR) is 101 cm³/mol. The maximum absolute atomic E-state index is 12.3. The molecule has 4 aromatic rings. The van der Waals surface area contributed by atoms with Crippen molar-refractivity contribution in [1.82, 2.24) is 24.7 Å². The fraction of sp³-hybridized carbons (Fsp3) is 0.158. The lowest BCUT2D eigenvalue weighted by atomic mass is 10.2. The topological polar surface area (TPSA) is 78.9 Å². The van der Waals surface area contributed by atoms with Crippen LogP contribution in [-0.4, -0.2) is 31.0 Å². The van der Waals surface area contributed by atoms with E-state index in [1.807, 2.05) is 17.7 Å². The van der Waals surface area contributed by atoms with Crippen LogP contribution in [0.4, 0.5) is 13.2 Å². The summed E-state index contributed by atoms with van der Waals surface area (Å²) in [5, 5.41) is 4.28. The molecular formula is C19H13ClF3N5O2. The van der Waals surface area contributed by atoms with Crippen molar-refractivity contribution in [2.45, 2.75) is 12.8 Å². The number of hydrogen-bond acceptors (Lipinski definition) is 6. The van der Waals surface area contributed by atoms with Crippen molar-refractivity contribution in [1.29, 1.82) is 0 Å². The molecule has 0 saturated heterocycles. The SMILES string of the molecule is Cn1cc(-c2nc(-c3ccc(OC(F)(F)F)cc3)no2)nc1Cc1ccnc(Cl)c1. The van der Waals surface area contributed by atoms with E-state index in [1.165, 1.54) is 24.3 Å². The zero-order valence-corrected chi connectivity index (χ0v) is 16.1. The lowest BCUT2D eigenvalue weighted by molar-refractivity contribution is -0.274. The largest absolute Gasteiger partial charge is 0.573 e. The number of halogens is 4. The van der Waals surface area contributed by atoms with Crippen molar-refractivity contribution in [3.8, 4) is 28.7 Å². The molecule has 0 atom stereocenters. The van der Waals surface area contributed by atoms with Gasteiger partial charge in [0, 0.05) is 31.4 Å². The highest BCUT2D eigenvalue weighted by molar-refractivity contribution is 6.29. The summed E-state index contributed by atoms with van der Waals surface area (Å²) in [6.45, 7) is 0. The van der Waals surface area contributed by atoms with Crippen molar-refractivity contribution in [2.24, 2.45) is 7.05 Å². The summed E-state index contributed by atoms with van der Waals surface area (Å²) in [5.41, 5.74) is 1.90. The molecule has 1 aromatic carbocycles. The molecule has 3 aromatic heterocycles. The van der Waals surface area contributed by atoms with Crippen LogP contribution in [0.25, 0.3) is 23.0 Å². The summed E-state index contributed by atoms with van der Waals surface area (Å²) in [5.74, 6) is 0.827. The molecule has 0 N–H and O–H groups in total. The van der Waals surface area contributed by atoms with Crippen LogP contribution in [0, 0.1) is 0 Å². The molecule has 154 valence electrons. The van der Waals surface area contributed by atoms with E-state index in [1.54, 1.807) is 18.5 Å². The van der Waals surface area contributed by atoms with E-state index >= 15 is 0 Å². The Balaban J connectivity index is 1.53. The van der Waals surface area contributed by atoms with Crippen molar-refractivity contribution >= 4 is 11.6 Å². The van der Waals surface area contributed by atoms with Gasteiger partial charge in [-0.2, -0.15) is 4.98 Å². The van der Waals surface area contributed by atoms with Crippen LogP contribution in [0.2, 0.25) is 5.15 Å². The summed E-state index contributed by atoms with van der Waals surface area (Å²) in [7, 11) is 1.84. The molecule has 0 saturated carbocycles. The first-order valence-electron chi connectivity index (χ1n) is 8.60. The van der Waals surface area contributed by atoms with E-state index in [0.717, 1.165) is 11.4 Å². The minimum Gasteiger partial charge on any atom is -0.406 e. The van der Waals surface area contributed by atoms with Crippen LogP contribution in [0.5, 0.6) is 5.75 Å². The lowest BCUT2D eigenvalue weighted by Crippen LogP contribution is -2.16. The summed E-state index contributed by atoms with van der Waals surface area (Å²) >= 11 is 5.92. The number of hydrogen-bond donors (Lipinski definition) is 0. The van der Waals surface area contributed by atoms with E-state index in [9.17, 15) is 13.2 Å². The number of imidazole rings is 1. The van der Waals surface area contributed by atoms with Gasteiger partial charge in [-0.3, -0.25) is 0 Å². The molecule has 0 bridgehead atoms. The van der Waals surface area contributed by atoms with Gasteiger partial charge in [-0.25, -0.2) is 9.97 Å². The lowest BCUT2D eigenvalue weighted by Gasteiger charge is -2.08. The number of pyridine rings is 1. The summed E-state index contributed by atoms with van der Waals surface area (Å²) in [6.07, 6.45) is -0.855. The Morgan fingerprint density at radius 3 is 2.60 bits per heavy atom. The summed E-state index contributed by atoms with van der Waals surface area (Å²) in [6, 6.07) is 8.78. The van der Waals surface area contributed by atoms with Gasteiger partial charge in [-0.1, -0.05) is 16.8 Å². The van der Waals surface area contributed by atoms with Gasteiger partial charge in [-0.05, 0) is 42.0 Å². The number of alkyl halides is 3. The molecular weight excluding hydrogens is 423 g/mol. The Morgan fingerprint density at radius 2 is 1.90 bits per heavy atom. The van der Waals surface area contributed by atoms with Crippen LogP contribution in [0.3, 0.4) is 0 Å². The third-order valence-corrected chi connectivity index (χ3v) is 4.32. The van der Waals surface area contributed by atoms with E-state index in [2.05, 4.69) is 24.8 Å². The molecule has 0 spiro atoms. The molecule has 0 aliphatic rings. The van der Waals surface area contributed by atoms with Gasteiger partial charge in [0.25, 0.3) is 5.89 Å². The second-order valence-corrected chi connectivity index (χ2v) is 6.70. The predicted octanol–water partition coefficient (Wildman–Crippen LogP) is 4.67. The molecule has 3 heterocycles. The van der Waals surface area contributed by atoms with Gasteiger partial charge in [-0.15, -0.1) is 13.2 Å². The molecule has 0 aliphatic carbocycles. The minimum absolute atomic E-state index is 0.190. The Bertz CT molecular complexity index is 1170. The summed E-state index contributed by atoms with van der Waals surface area (Å²) in [4.78, 5) is 12.8. The first-order chi connectivity index (χ1) is 14.3. The van der Waals surface area contributed by atoms with Gasteiger partial charge in [0.2, 0.25) is 5.82 Å². The number of aromatic nitrogens is 5. The van der Waals surface area contributed by atoms with Crippen LogP contribution in [-0.2, 0) is 13.5 Å². The Kier molecular flexibility index (Phi) is 5.17. The molecule has 7 nitrogen and oxygen atoms in total. The summed E-state index contributed by atoms with van der Waals surface area (Å²) < 4.78 is 47.8. The van der Waals surface area contributed by atoms with Crippen LogP contribution in [0.15, 0.2) is 53.3 Å². The van der Waals surface area contributed by atoms with E-state index in [-0.39, 0.29) is 17.5 Å². The third kappa shape index (κ3) is 4.60. The van der Waals surface area contributed by atoms with Gasteiger partial charge in [0.1, 0.15) is 22.4 Å². The molecule has 30 heavy (non-hydrogen) atoms. The number of aryl methyl sites for hydroxylation is 1. The quantitative estimate of drug-likeness (QED) is 0.424. The minimum atomic E-state index is -4.75. The third-order valence-electron chi connectivity index (χ3n) is 4.12. The second-order valence-electron chi connectivity index (χ2n) is 6.31. The average molecular weight is 436 g/mol. The number of ether oxygens (including phenoxy) is 1. The standard InChI is InChI=1S/C19H13ClF3N5O2/c1-28-10-14(25-16(28)9-11-6-7-24-15(20)8-11)18-26-17(27-30-18)12-2-4-13(5-3-12)29-19(21,22)23/h2-8,10H,9H2,1H3. The fourth-order valence-electron chi connectivity index (χ4n) is 2.76. The highest BCUT2D eigenvalue weighted by Crippen LogP contribution is 2.27. The van der Waals surface area contributed by atoms with Gasteiger partial charge < -0.3 is 13.8 Å². The molecule has 0 unspecified atom stereocenters. The fourth-order valence-corrected chi connectivity index (χ4v) is 2.95. The monoisotopic (exact) mass is 435 g/mol. The Morgan fingerprint density at radius 1 is 1.13 bits per heavy atom. The number of rotatable bonds is 5. The molecule has 4 rings (SSSR count). The highest BCUT2D eigenvalue weighted by atomic mass is 35.5. The Hall–Kier alpha value is -3.40. The maximum Gasteiger partial charge on any atom is 0.573 e. The van der Waals surface area contributed by atoms with Crippen molar-refractivity contribution in [3.63, 3.8) is 0 Å². The zero-order chi connectivity index (χ0) is 21.3. The normalized spacial score (nSPS) is 11.6. The molecule has 0 amide bonds. The van der Waals surface area contributed by atoms with Gasteiger partial charge in [0.05, 0.1) is 0 Å². The van der Waals surface area contributed by atoms with Gasteiger partial charge >= 0.3 is 6.36 Å². The maximum atomic E-state index is 12.3. The molecule has 11 heteroatoms. The van der Waals surface area contributed by atoms with Crippen LogP contribution < -0.4 is 4.74 Å². The number of benzene rings is 1.